The molecule has 1 heterocycles. The second-order valence-electron chi connectivity index (χ2n) is 0.959. The van der Waals surface area contributed by atoms with Gasteiger partial charge in [-0.25, -0.2) is 0 Å². The number of rotatable bonds is 0. The minimum absolute atomic E-state index is 0. The van der Waals surface area contributed by atoms with Gasteiger partial charge in [0, 0.05) is 6.07 Å². The predicted molar refractivity (Wildman–Crippen MR) is 24.4 cm³/mol. The Morgan fingerprint density at radius 2 is 2.14 bits per heavy atom. The molecule has 0 radical (unpaired) electrons. The highest BCUT2D eigenvalue weighted by atomic mass is 16.0. The second kappa shape index (κ2) is 3.24. The van der Waals surface area contributed by atoms with E-state index in [1.165, 1.54) is 0 Å². The molecule has 0 saturated carbocycles. The zero-order valence-corrected chi connectivity index (χ0v) is 3.76. The van der Waals surface area contributed by atoms with E-state index >= 15 is 0 Å². The standard InChI is InChI=1S/C4H4N2.H2O/c1-2-4-6-5-3-1;/h1-4H;1H2/p+1. The van der Waals surface area contributed by atoms with E-state index in [1.54, 1.807) is 12.4 Å². The van der Waals surface area contributed by atoms with E-state index in [2.05, 4.69) is 10.2 Å². The molecule has 3 N–H and O–H groups in total. The van der Waals surface area contributed by atoms with Crippen molar-refractivity contribution in [1.29, 1.82) is 0 Å². The van der Waals surface area contributed by atoms with E-state index in [9.17, 15) is 0 Å². The van der Waals surface area contributed by atoms with Gasteiger partial charge in [-0.05, 0) is 11.2 Å². The molecular formula is C4H7N2O+. The lowest BCUT2D eigenvalue weighted by Gasteiger charge is -1.61. The van der Waals surface area contributed by atoms with Crippen molar-refractivity contribution in [3.8, 4) is 0 Å². The molecule has 0 amide bonds. The van der Waals surface area contributed by atoms with E-state index in [0.717, 1.165) is 0 Å². The van der Waals surface area contributed by atoms with E-state index in [1.807, 2.05) is 12.1 Å². The van der Waals surface area contributed by atoms with E-state index in [-0.39, 0.29) is 5.48 Å². The molecule has 1 aromatic heterocycles. The lowest BCUT2D eigenvalue weighted by molar-refractivity contribution is -0.455. The predicted octanol–water partition coefficient (Wildman–Crippen LogP) is -0.929. The van der Waals surface area contributed by atoms with Crippen LogP contribution in [0.25, 0.3) is 0 Å². The summed E-state index contributed by atoms with van der Waals surface area (Å²) >= 11 is 0. The van der Waals surface area contributed by atoms with Crippen molar-refractivity contribution >= 4 is 0 Å². The first kappa shape index (κ1) is 6.04. The Labute approximate surface area is 41.3 Å². The first-order valence-electron chi connectivity index (χ1n) is 1.77. The van der Waals surface area contributed by atoms with Gasteiger partial charge in [0.05, 0.1) is 6.20 Å². The molecule has 0 spiro atoms. The minimum atomic E-state index is 0. The lowest BCUT2D eigenvalue weighted by atomic mass is 10.6. The van der Waals surface area contributed by atoms with Crippen LogP contribution in [0.2, 0.25) is 0 Å². The third kappa shape index (κ3) is 1.83. The summed E-state index contributed by atoms with van der Waals surface area (Å²) in [6.07, 6.45) is 3.46. The van der Waals surface area contributed by atoms with Crippen LogP contribution in [0.5, 0.6) is 0 Å². The van der Waals surface area contributed by atoms with Gasteiger partial charge in [0.2, 0.25) is 0 Å². The Balaban J connectivity index is 0.000000360. The van der Waals surface area contributed by atoms with Crippen LogP contribution in [0.15, 0.2) is 24.5 Å². The number of nitrogens with one attached hydrogen (secondary N) is 1. The average molecular weight is 99.1 g/mol. The van der Waals surface area contributed by atoms with Crippen molar-refractivity contribution in [3.05, 3.63) is 24.5 Å². The topological polar surface area (TPSA) is 58.5 Å². The smallest absolute Gasteiger partial charge is 0.193 e. The Morgan fingerprint density at radius 1 is 1.29 bits per heavy atom. The van der Waals surface area contributed by atoms with Crippen LogP contribution in [0.3, 0.4) is 0 Å². The summed E-state index contributed by atoms with van der Waals surface area (Å²) in [5.41, 5.74) is 0. The fourth-order valence-corrected chi connectivity index (χ4v) is 0.277. The largest absolute Gasteiger partial charge is 0.412 e. The molecule has 0 aliphatic heterocycles. The number of H-pyrrole nitrogens is 1. The zero-order valence-electron chi connectivity index (χ0n) is 3.76. The van der Waals surface area contributed by atoms with Gasteiger partial charge >= 0.3 is 0 Å². The summed E-state index contributed by atoms with van der Waals surface area (Å²) in [6, 6.07) is 3.74. The van der Waals surface area contributed by atoms with Crippen LogP contribution in [0.4, 0.5) is 0 Å². The van der Waals surface area contributed by atoms with Gasteiger partial charge in [-0.3, -0.25) is 0 Å². The van der Waals surface area contributed by atoms with Gasteiger partial charge in [-0.1, -0.05) is 0 Å². The average Bonchev–Trinajstić information content (AvgIpc) is 1.72. The van der Waals surface area contributed by atoms with Gasteiger partial charge < -0.3 is 5.48 Å². The molecule has 7 heavy (non-hydrogen) atoms. The third-order valence-electron chi connectivity index (χ3n) is 0.517. The van der Waals surface area contributed by atoms with Crippen molar-refractivity contribution in [3.63, 3.8) is 0 Å². The summed E-state index contributed by atoms with van der Waals surface area (Å²) < 4.78 is 0. The van der Waals surface area contributed by atoms with E-state index in [0.29, 0.717) is 0 Å². The maximum Gasteiger partial charge on any atom is 0.193 e. The Bertz CT molecular complexity index is 81.6. The molecular weight excluding hydrogens is 92.1 g/mol. The van der Waals surface area contributed by atoms with Crippen LogP contribution < -0.4 is 5.10 Å². The fraction of sp³-hybridized carbons (Fsp3) is 0. The highest BCUT2D eigenvalue weighted by Gasteiger charge is 1.66. The molecule has 3 nitrogen and oxygen atoms in total. The molecule has 0 aromatic carbocycles. The highest BCUT2D eigenvalue weighted by molar-refractivity contribution is 4.75. The van der Waals surface area contributed by atoms with Crippen molar-refractivity contribution < 1.29 is 10.6 Å². The number of aromatic nitrogens is 2. The molecule has 0 aliphatic carbocycles. The van der Waals surface area contributed by atoms with Gasteiger partial charge in [-0.15, -0.1) is 5.10 Å². The first-order chi connectivity index (χ1) is 3.00. The van der Waals surface area contributed by atoms with Gasteiger partial charge in [0.1, 0.15) is 0 Å². The van der Waals surface area contributed by atoms with Gasteiger partial charge in [0.25, 0.3) is 0 Å². The van der Waals surface area contributed by atoms with Crippen LogP contribution >= 0.6 is 0 Å². The Kier molecular flexibility index (Phi) is 2.79. The molecule has 0 bridgehead atoms. The van der Waals surface area contributed by atoms with Gasteiger partial charge in [-0.2, -0.15) is 0 Å². The molecule has 0 unspecified atom stereocenters. The zero-order chi connectivity index (χ0) is 4.24. The summed E-state index contributed by atoms with van der Waals surface area (Å²) in [5.74, 6) is 0. The molecule has 3 heteroatoms. The summed E-state index contributed by atoms with van der Waals surface area (Å²) in [4.78, 5) is 0. The van der Waals surface area contributed by atoms with Crippen molar-refractivity contribution in [1.82, 2.24) is 5.10 Å². The second-order valence-corrected chi connectivity index (χ2v) is 0.959. The molecule has 0 fully saturated rings. The monoisotopic (exact) mass is 99.1 g/mol. The summed E-state index contributed by atoms with van der Waals surface area (Å²) in [6.45, 7) is 0. The SMILES string of the molecule is O.c1cc[nH+]nc1. The summed E-state index contributed by atoms with van der Waals surface area (Å²) in [5, 5.41) is 6.30. The van der Waals surface area contributed by atoms with E-state index in [4.69, 9.17) is 0 Å². The Hall–Kier alpha value is -0.960. The quantitative estimate of drug-likeness (QED) is 0.414. The minimum Gasteiger partial charge on any atom is -0.412 e. The molecule has 1 aromatic rings. The van der Waals surface area contributed by atoms with Gasteiger partial charge in [0.15, 0.2) is 6.20 Å². The fourth-order valence-electron chi connectivity index (χ4n) is 0.277. The number of hydrogen-bond donors (Lipinski definition) is 0. The molecule has 0 atom stereocenters. The van der Waals surface area contributed by atoms with Crippen molar-refractivity contribution in [2.45, 2.75) is 0 Å². The molecule has 38 valence electrons. The van der Waals surface area contributed by atoms with Crippen LogP contribution in [0, 0.1) is 0 Å². The van der Waals surface area contributed by atoms with Crippen molar-refractivity contribution in [2.24, 2.45) is 0 Å². The Morgan fingerprint density at radius 3 is 2.29 bits per heavy atom. The normalized spacial score (nSPS) is 6.86. The molecule has 1 rings (SSSR count). The third-order valence-corrected chi connectivity index (χ3v) is 0.517. The molecule has 0 aliphatic rings. The summed E-state index contributed by atoms with van der Waals surface area (Å²) in [7, 11) is 0. The van der Waals surface area contributed by atoms with Crippen molar-refractivity contribution in [2.75, 3.05) is 0 Å². The first-order valence-corrected chi connectivity index (χ1v) is 1.77. The highest BCUT2D eigenvalue weighted by Crippen LogP contribution is 1.63. The van der Waals surface area contributed by atoms with Crippen LogP contribution in [-0.4, -0.2) is 10.6 Å². The lowest BCUT2D eigenvalue weighted by Crippen LogP contribution is -2.02. The number of hydrogen-bond acceptors (Lipinski definition) is 1. The maximum atomic E-state index is 3.66. The van der Waals surface area contributed by atoms with E-state index < -0.39 is 0 Å². The number of nitrogens with zero attached hydrogens (tertiary/aromatic N) is 1. The maximum absolute atomic E-state index is 3.66. The van der Waals surface area contributed by atoms with Crippen LogP contribution in [0.1, 0.15) is 0 Å². The molecule has 0 saturated heterocycles. The van der Waals surface area contributed by atoms with Crippen LogP contribution in [-0.2, 0) is 0 Å². The number of aromatic amines is 1.